The maximum Gasteiger partial charge on any atom is 0.179 e. The Morgan fingerprint density at radius 3 is 2.89 bits per heavy atom. The van der Waals surface area contributed by atoms with Crippen LogP contribution in [-0.4, -0.2) is 19.8 Å². The highest BCUT2D eigenvalue weighted by Crippen LogP contribution is 2.37. The van der Waals surface area contributed by atoms with Crippen LogP contribution < -0.4 is 14.8 Å². The van der Waals surface area contributed by atoms with Gasteiger partial charge in [0.15, 0.2) is 11.5 Å². The first-order chi connectivity index (χ1) is 9.16. The van der Waals surface area contributed by atoms with Crippen molar-refractivity contribution in [1.29, 1.82) is 0 Å². The Kier molecular flexibility index (Phi) is 5.11. The van der Waals surface area contributed by atoms with Crippen LogP contribution in [0, 0.1) is 0 Å². The number of halogens is 1. The van der Waals surface area contributed by atoms with Crippen LogP contribution in [0.25, 0.3) is 0 Å². The second kappa shape index (κ2) is 6.83. The summed E-state index contributed by atoms with van der Waals surface area (Å²) in [6.45, 7) is 7.13. The van der Waals surface area contributed by atoms with Crippen molar-refractivity contribution < 1.29 is 9.47 Å². The average Bonchev–Trinajstić information content (AvgIpc) is 2.60. The van der Waals surface area contributed by atoms with Crippen molar-refractivity contribution >= 4 is 11.6 Å². The Hall–Kier alpha value is -1.19. The zero-order chi connectivity index (χ0) is 13.7. The van der Waals surface area contributed by atoms with E-state index in [-0.39, 0.29) is 0 Å². The van der Waals surface area contributed by atoms with Gasteiger partial charge >= 0.3 is 0 Å². The van der Waals surface area contributed by atoms with Crippen LogP contribution in [0.5, 0.6) is 11.5 Å². The van der Waals surface area contributed by atoms with Crippen LogP contribution in [-0.2, 0) is 6.54 Å². The van der Waals surface area contributed by atoms with E-state index in [0.29, 0.717) is 24.0 Å². The minimum atomic E-state index is 0.624. The molecule has 0 atom stereocenters. The molecule has 1 N–H and O–H groups in total. The Morgan fingerprint density at radius 1 is 1.32 bits per heavy atom. The minimum Gasteiger partial charge on any atom is -0.489 e. The van der Waals surface area contributed by atoms with E-state index in [1.165, 1.54) is 5.57 Å². The number of nitrogens with one attached hydrogen (secondary N) is 1. The lowest BCUT2D eigenvalue weighted by Gasteiger charge is -2.11. The van der Waals surface area contributed by atoms with Crippen molar-refractivity contribution in [3.8, 4) is 11.5 Å². The number of hydrogen-bond donors (Lipinski definition) is 1. The average molecular weight is 282 g/mol. The van der Waals surface area contributed by atoms with E-state index in [2.05, 4.69) is 25.2 Å². The monoisotopic (exact) mass is 281 g/mol. The van der Waals surface area contributed by atoms with Gasteiger partial charge in [0.25, 0.3) is 0 Å². The van der Waals surface area contributed by atoms with Crippen molar-refractivity contribution in [2.24, 2.45) is 0 Å². The van der Waals surface area contributed by atoms with Crippen molar-refractivity contribution in [2.45, 2.75) is 26.8 Å². The minimum absolute atomic E-state index is 0.624. The lowest BCUT2D eigenvalue weighted by atomic mass is 10.2. The number of benzene rings is 1. The summed E-state index contributed by atoms with van der Waals surface area (Å²) < 4.78 is 11.3. The standard InChI is InChI=1S/C15H20ClNO2/c1-11(2)4-5-17-10-12-8-13(16)15-14(9-12)18-6-3-7-19-15/h4,8-9,17H,3,5-7,10H2,1-2H3. The fourth-order valence-corrected chi connectivity index (χ4v) is 2.17. The van der Waals surface area contributed by atoms with Gasteiger partial charge in [0.1, 0.15) is 0 Å². The predicted molar refractivity (Wildman–Crippen MR) is 78.2 cm³/mol. The van der Waals surface area contributed by atoms with Gasteiger partial charge in [-0.1, -0.05) is 23.3 Å². The molecule has 0 saturated carbocycles. The van der Waals surface area contributed by atoms with E-state index in [1.807, 2.05) is 12.1 Å². The summed E-state index contributed by atoms with van der Waals surface area (Å²) in [5.74, 6) is 1.43. The third-order valence-electron chi connectivity index (χ3n) is 2.85. The number of ether oxygens (including phenoxy) is 2. The summed E-state index contributed by atoms with van der Waals surface area (Å²) >= 11 is 6.24. The van der Waals surface area contributed by atoms with Crippen LogP contribution in [0.3, 0.4) is 0 Å². The molecule has 1 aliphatic rings. The number of fused-ring (bicyclic) bond motifs is 1. The molecule has 1 aromatic carbocycles. The highest BCUT2D eigenvalue weighted by Gasteiger charge is 2.15. The molecule has 0 radical (unpaired) electrons. The molecule has 2 rings (SSSR count). The van der Waals surface area contributed by atoms with Gasteiger partial charge in [-0.05, 0) is 31.5 Å². The molecular weight excluding hydrogens is 262 g/mol. The first kappa shape index (κ1) is 14.2. The van der Waals surface area contributed by atoms with Gasteiger partial charge < -0.3 is 14.8 Å². The van der Waals surface area contributed by atoms with Crippen molar-refractivity contribution in [3.05, 3.63) is 34.4 Å². The fourth-order valence-electron chi connectivity index (χ4n) is 1.88. The Morgan fingerprint density at radius 2 is 2.11 bits per heavy atom. The smallest absolute Gasteiger partial charge is 0.179 e. The Balaban J connectivity index is 2.04. The normalized spacial score (nSPS) is 13.8. The van der Waals surface area contributed by atoms with Gasteiger partial charge in [0, 0.05) is 19.5 Å². The van der Waals surface area contributed by atoms with Crippen LogP contribution in [0.1, 0.15) is 25.8 Å². The van der Waals surface area contributed by atoms with Gasteiger partial charge in [0.2, 0.25) is 0 Å². The summed E-state index contributed by atoms with van der Waals surface area (Å²) in [4.78, 5) is 0. The van der Waals surface area contributed by atoms with Crippen LogP contribution in [0.4, 0.5) is 0 Å². The van der Waals surface area contributed by atoms with E-state index >= 15 is 0 Å². The first-order valence-corrected chi connectivity index (χ1v) is 6.96. The van der Waals surface area contributed by atoms with E-state index in [9.17, 15) is 0 Å². The number of allylic oxidation sites excluding steroid dienone is 1. The molecule has 1 aliphatic heterocycles. The van der Waals surface area contributed by atoms with Gasteiger partial charge in [-0.25, -0.2) is 0 Å². The molecule has 0 aromatic heterocycles. The van der Waals surface area contributed by atoms with Crippen molar-refractivity contribution in [3.63, 3.8) is 0 Å². The fraction of sp³-hybridized carbons (Fsp3) is 0.467. The molecule has 0 unspecified atom stereocenters. The zero-order valence-corrected chi connectivity index (χ0v) is 12.2. The topological polar surface area (TPSA) is 30.5 Å². The maximum atomic E-state index is 6.24. The lowest BCUT2D eigenvalue weighted by Crippen LogP contribution is -2.13. The Labute approximate surface area is 119 Å². The van der Waals surface area contributed by atoms with Crippen molar-refractivity contribution in [1.82, 2.24) is 5.32 Å². The second-order valence-corrected chi connectivity index (χ2v) is 5.27. The second-order valence-electron chi connectivity index (χ2n) is 4.87. The number of hydrogen-bond acceptors (Lipinski definition) is 3. The third kappa shape index (κ3) is 4.15. The van der Waals surface area contributed by atoms with E-state index in [1.54, 1.807) is 0 Å². The van der Waals surface area contributed by atoms with E-state index in [4.69, 9.17) is 21.1 Å². The quantitative estimate of drug-likeness (QED) is 0.676. The highest BCUT2D eigenvalue weighted by molar-refractivity contribution is 6.32. The Bertz CT molecular complexity index is 467. The number of rotatable bonds is 4. The SMILES string of the molecule is CC(C)=CCNCc1cc(Cl)c2c(c1)OCCCO2. The highest BCUT2D eigenvalue weighted by atomic mass is 35.5. The molecule has 0 spiro atoms. The van der Waals surface area contributed by atoms with Gasteiger partial charge in [-0.2, -0.15) is 0 Å². The van der Waals surface area contributed by atoms with Gasteiger partial charge in [0.05, 0.1) is 18.2 Å². The van der Waals surface area contributed by atoms with Gasteiger partial charge in [-0.15, -0.1) is 0 Å². The summed E-state index contributed by atoms with van der Waals surface area (Å²) in [5.41, 5.74) is 2.42. The molecule has 4 heteroatoms. The van der Waals surface area contributed by atoms with E-state index < -0.39 is 0 Å². The summed E-state index contributed by atoms with van der Waals surface area (Å²) in [6, 6.07) is 3.94. The largest absolute Gasteiger partial charge is 0.489 e. The molecule has 0 amide bonds. The van der Waals surface area contributed by atoms with E-state index in [0.717, 1.165) is 30.8 Å². The van der Waals surface area contributed by atoms with Gasteiger partial charge in [-0.3, -0.25) is 0 Å². The molecule has 19 heavy (non-hydrogen) atoms. The maximum absolute atomic E-state index is 6.24. The van der Waals surface area contributed by atoms with Crippen LogP contribution in [0.2, 0.25) is 5.02 Å². The third-order valence-corrected chi connectivity index (χ3v) is 3.13. The molecule has 0 saturated heterocycles. The molecule has 3 nitrogen and oxygen atoms in total. The molecule has 1 aromatic rings. The van der Waals surface area contributed by atoms with Crippen LogP contribution in [0.15, 0.2) is 23.8 Å². The molecule has 104 valence electrons. The van der Waals surface area contributed by atoms with Crippen molar-refractivity contribution in [2.75, 3.05) is 19.8 Å². The van der Waals surface area contributed by atoms with Crippen LogP contribution >= 0.6 is 11.6 Å². The zero-order valence-electron chi connectivity index (χ0n) is 11.5. The molecule has 0 fully saturated rings. The predicted octanol–water partition coefficient (Wildman–Crippen LogP) is 3.56. The summed E-state index contributed by atoms with van der Waals surface area (Å²) in [7, 11) is 0. The first-order valence-electron chi connectivity index (χ1n) is 6.59. The molecule has 0 bridgehead atoms. The molecule has 1 heterocycles. The summed E-state index contributed by atoms with van der Waals surface area (Å²) in [5, 5.41) is 3.97. The lowest BCUT2D eigenvalue weighted by molar-refractivity contribution is 0.297. The molecule has 0 aliphatic carbocycles. The summed E-state index contributed by atoms with van der Waals surface area (Å²) in [6.07, 6.45) is 3.05. The molecular formula is C15H20ClNO2.